The zero-order chi connectivity index (χ0) is 23.5. The Bertz CT molecular complexity index is 558. The first kappa shape index (κ1) is 24.4. The predicted octanol–water partition coefficient (Wildman–Crippen LogP) is 0.761. The molecule has 1 amide bonds. The number of carboxylic acids is 1. The van der Waals surface area contributed by atoms with Gasteiger partial charge >= 0.3 is 29.6 Å². The van der Waals surface area contributed by atoms with Crippen LogP contribution in [0.4, 0.5) is 0 Å². The first-order valence-corrected chi connectivity index (χ1v) is 10.7. The monoisotopic (exact) mass is 420 g/mol. The molecular weight excluding hydrogens is 377 g/mol. The summed E-state index contributed by atoms with van der Waals surface area (Å²) in [5, 5.41) is 20.5. The van der Waals surface area contributed by atoms with Crippen molar-refractivity contribution in [2.24, 2.45) is 0 Å². The van der Waals surface area contributed by atoms with Crippen LogP contribution in [-0.2, 0) is 9.59 Å². The molecule has 0 aromatic rings. The van der Waals surface area contributed by atoms with E-state index in [9.17, 15) is 14.7 Å². The van der Waals surface area contributed by atoms with Gasteiger partial charge in [-0.25, -0.2) is 0 Å². The smallest absolute Gasteiger partial charge is 0.548 e. The SMILES string of the molecule is [2H]C([2H])([2H])N(CC(=O)[O-])C(=N)NC(=O)CCCCCCCCCC/C=C\CCCCC.[Na+]. The maximum atomic E-state index is 11.9. The summed E-state index contributed by atoms with van der Waals surface area (Å²) in [6, 6.07) is 0. The predicted molar refractivity (Wildman–Crippen MR) is 113 cm³/mol. The van der Waals surface area contributed by atoms with Gasteiger partial charge in [-0.1, -0.05) is 70.4 Å². The van der Waals surface area contributed by atoms with E-state index in [0.717, 1.165) is 19.3 Å². The van der Waals surface area contributed by atoms with Crippen molar-refractivity contribution in [3.8, 4) is 0 Å². The van der Waals surface area contributed by atoms with E-state index in [-0.39, 0.29) is 36.0 Å². The van der Waals surface area contributed by atoms with E-state index in [2.05, 4.69) is 24.4 Å². The Morgan fingerprint density at radius 1 is 0.966 bits per heavy atom. The van der Waals surface area contributed by atoms with Gasteiger partial charge in [0, 0.05) is 17.5 Å². The fraction of sp³-hybridized carbons (Fsp3) is 0.773. The molecule has 6 nitrogen and oxygen atoms in total. The average Bonchev–Trinajstić information content (AvgIpc) is 2.68. The molecular formula is C22H40N3NaO3. The third-order valence-electron chi connectivity index (χ3n) is 4.48. The zero-order valence-electron chi connectivity index (χ0n) is 21.4. The molecule has 29 heavy (non-hydrogen) atoms. The van der Waals surface area contributed by atoms with Crippen molar-refractivity contribution in [3.63, 3.8) is 0 Å². The number of nitrogens with one attached hydrogen (secondary N) is 2. The molecule has 0 atom stereocenters. The molecule has 0 heterocycles. The number of carbonyl (C=O) groups is 2. The van der Waals surface area contributed by atoms with E-state index in [4.69, 9.17) is 9.52 Å². The Morgan fingerprint density at radius 2 is 1.48 bits per heavy atom. The molecule has 162 valence electrons. The third-order valence-corrected chi connectivity index (χ3v) is 4.48. The molecule has 0 spiro atoms. The summed E-state index contributed by atoms with van der Waals surface area (Å²) in [7, 11) is 0. The number of carbonyl (C=O) groups excluding carboxylic acids is 2. The van der Waals surface area contributed by atoms with Gasteiger partial charge in [0.25, 0.3) is 0 Å². The van der Waals surface area contributed by atoms with Crippen molar-refractivity contribution < 1.29 is 48.4 Å². The zero-order valence-corrected chi connectivity index (χ0v) is 20.4. The summed E-state index contributed by atoms with van der Waals surface area (Å²) in [5.41, 5.74) is 0. The van der Waals surface area contributed by atoms with Gasteiger partial charge in [-0.3, -0.25) is 15.5 Å². The van der Waals surface area contributed by atoms with Crippen LogP contribution >= 0.6 is 0 Å². The number of rotatable bonds is 17. The van der Waals surface area contributed by atoms with E-state index in [1.165, 1.54) is 57.8 Å². The number of nitrogens with zero attached hydrogens (tertiary/aromatic N) is 1. The minimum absolute atomic E-state index is 0. The van der Waals surface area contributed by atoms with Crippen molar-refractivity contribution in [2.75, 3.05) is 13.5 Å². The number of amides is 1. The molecule has 0 unspecified atom stereocenters. The third kappa shape index (κ3) is 21.7. The van der Waals surface area contributed by atoms with Crippen LogP contribution in [0.3, 0.4) is 0 Å². The molecule has 0 bridgehead atoms. The summed E-state index contributed by atoms with van der Waals surface area (Å²) < 4.78 is 21.8. The Hall–Kier alpha value is -0.850. The Morgan fingerprint density at radius 3 is 2.00 bits per heavy atom. The van der Waals surface area contributed by atoms with Gasteiger partial charge in [-0.05, 0) is 32.1 Å². The maximum absolute atomic E-state index is 11.9. The number of aliphatic carboxylic acids is 1. The Balaban J connectivity index is 0. The molecule has 0 aromatic heterocycles. The summed E-state index contributed by atoms with van der Waals surface area (Å²) in [6.07, 6.45) is 19.6. The first-order chi connectivity index (χ1) is 14.7. The van der Waals surface area contributed by atoms with Crippen LogP contribution in [0.15, 0.2) is 12.2 Å². The second-order valence-corrected chi connectivity index (χ2v) is 7.19. The van der Waals surface area contributed by atoms with Crippen LogP contribution < -0.4 is 40.0 Å². The van der Waals surface area contributed by atoms with Crippen LogP contribution in [-0.4, -0.2) is 36.3 Å². The average molecular weight is 421 g/mol. The molecule has 0 aliphatic rings. The van der Waals surface area contributed by atoms with Crippen molar-refractivity contribution in [1.82, 2.24) is 10.2 Å². The van der Waals surface area contributed by atoms with Crippen LogP contribution in [0.2, 0.25) is 0 Å². The molecule has 0 saturated heterocycles. The number of unbranched alkanes of at least 4 members (excludes halogenated alkanes) is 11. The van der Waals surface area contributed by atoms with Crippen LogP contribution in [0.5, 0.6) is 0 Å². The number of hydrogen-bond acceptors (Lipinski definition) is 4. The minimum Gasteiger partial charge on any atom is -0.548 e. The van der Waals surface area contributed by atoms with Gasteiger partial charge < -0.3 is 14.8 Å². The van der Waals surface area contributed by atoms with Crippen LogP contribution in [0.25, 0.3) is 0 Å². The summed E-state index contributed by atoms with van der Waals surface area (Å²) >= 11 is 0. The van der Waals surface area contributed by atoms with Gasteiger partial charge in [-0.15, -0.1) is 0 Å². The normalized spacial score (nSPS) is 12.5. The largest absolute Gasteiger partial charge is 1.00 e. The molecule has 0 aliphatic carbocycles. The van der Waals surface area contributed by atoms with Gasteiger partial charge in [0.05, 0.1) is 12.5 Å². The quantitative estimate of drug-likeness (QED) is 0.119. The number of likely N-dealkylation sites (N-methyl/N-ethyl adjacent to an activating group) is 1. The second kappa shape index (κ2) is 21.8. The number of hydrogen-bond donors (Lipinski definition) is 2. The van der Waals surface area contributed by atoms with E-state index in [1.807, 2.05) is 0 Å². The van der Waals surface area contributed by atoms with Crippen molar-refractivity contribution >= 4 is 17.8 Å². The standard InChI is InChI=1S/C22H41N3O3.Na/c1-3-4-5-6-7-8-9-10-11-12-13-14-15-16-17-18-20(26)24-22(23)25(2)19-21(27)28;/h7-8H,3-6,9-19H2,1-2H3,(H,27,28)(H2,23,24,26);/q;+1/p-1/b8-7-;/i2D3;. The van der Waals surface area contributed by atoms with Gasteiger partial charge in [0.2, 0.25) is 5.91 Å². The molecule has 0 rings (SSSR count). The van der Waals surface area contributed by atoms with Crippen molar-refractivity contribution in [3.05, 3.63) is 12.2 Å². The van der Waals surface area contributed by atoms with Crippen LogP contribution in [0, 0.1) is 5.41 Å². The van der Waals surface area contributed by atoms with E-state index in [1.54, 1.807) is 0 Å². The fourth-order valence-corrected chi connectivity index (χ4v) is 2.83. The molecule has 2 N–H and O–H groups in total. The van der Waals surface area contributed by atoms with Gasteiger partial charge in [0.1, 0.15) is 0 Å². The van der Waals surface area contributed by atoms with E-state index in [0.29, 0.717) is 11.3 Å². The van der Waals surface area contributed by atoms with Gasteiger partial charge in [0.15, 0.2) is 5.96 Å². The van der Waals surface area contributed by atoms with Gasteiger partial charge in [-0.2, -0.15) is 0 Å². The number of carboxylic acid groups (broad SMARTS) is 1. The molecule has 7 heteroatoms. The maximum Gasteiger partial charge on any atom is 1.00 e. The topological polar surface area (TPSA) is 96.3 Å². The Kier molecular flexibility index (Phi) is 18.4. The fourth-order valence-electron chi connectivity index (χ4n) is 2.83. The second-order valence-electron chi connectivity index (χ2n) is 7.19. The molecule has 0 saturated carbocycles. The molecule has 0 aliphatic heterocycles. The number of allylic oxidation sites excluding steroid dienone is 2. The first-order valence-electron chi connectivity index (χ1n) is 12.2. The molecule has 0 fully saturated rings. The van der Waals surface area contributed by atoms with Crippen molar-refractivity contribution in [1.29, 1.82) is 5.41 Å². The van der Waals surface area contributed by atoms with E-state index >= 15 is 0 Å². The summed E-state index contributed by atoms with van der Waals surface area (Å²) in [5.74, 6) is -2.86. The molecule has 0 radical (unpaired) electrons. The number of guanidine groups is 1. The summed E-state index contributed by atoms with van der Waals surface area (Å²) in [6.45, 7) is -1.60. The summed E-state index contributed by atoms with van der Waals surface area (Å²) in [4.78, 5) is 22.9. The Labute approximate surface area is 203 Å². The van der Waals surface area contributed by atoms with E-state index < -0.39 is 31.4 Å². The minimum atomic E-state index is -2.84. The van der Waals surface area contributed by atoms with Crippen LogP contribution in [0.1, 0.15) is 101 Å². The molecule has 0 aromatic carbocycles. The van der Waals surface area contributed by atoms with Crippen molar-refractivity contribution in [2.45, 2.75) is 96.8 Å².